The van der Waals surface area contributed by atoms with E-state index in [1.54, 1.807) is 0 Å². The summed E-state index contributed by atoms with van der Waals surface area (Å²) in [5, 5.41) is 22.2. The van der Waals surface area contributed by atoms with E-state index in [1.807, 2.05) is 13.0 Å². The Kier molecular flexibility index (Phi) is 5.62. The van der Waals surface area contributed by atoms with Gasteiger partial charge in [0.1, 0.15) is 5.82 Å². The highest BCUT2D eigenvalue weighted by atomic mass is 32.2. The number of rotatable bonds is 7. The molecule has 11 heteroatoms. The lowest BCUT2D eigenvalue weighted by molar-refractivity contribution is 0.135. The molecule has 2 atom stereocenters. The number of aromatic amines is 1. The molecule has 0 amide bonds. The van der Waals surface area contributed by atoms with Gasteiger partial charge < -0.3 is 10.6 Å². The van der Waals surface area contributed by atoms with Gasteiger partial charge in [0.2, 0.25) is 5.95 Å². The Morgan fingerprint density at radius 1 is 1.23 bits per heavy atom. The summed E-state index contributed by atoms with van der Waals surface area (Å²) in [6.07, 6.45) is 5.79. The monoisotopic (exact) mass is 430 g/mol. The van der Waals surface area contributed by atoms with E-state index < -0.39 is 9.84 Å². The van der Waals surface area contributed by atoms with Crippen LogP contribution in [0.5, 0.6) is 0 Å². The predicted molar refractivity (Wildman–Crippen MR) is 112 cm³/mol. The molecule has 4 heterocycles. The van der Waals surface area contributed by atoms with Gasteiger partial charge in [-0.1, -0.05) is 0 Å². The number of nitriles is 1. The van der Waals surface area contributed by atoms with Crippen molar-refractivity contribution >= 4 is 27.4 Å². The van der Waals surface area contributed by atoms with Crippen LogP contribution in [0.4, 0.5) is 17.6 Å². The minimum atomic E-state index is -3.50. The normalized spacial score (nSPS) is 23.8. The highest BCUT2D eigenvalue weighted by molar-refractivity contribution is 7.90. The number of hydrogen-bond acceptors (Lipinski definition) is 9. The van der Waals surface area contributed by atoms with E-state index in [4.69, 9.17) is 5.26 Å². The third kappa shape index (κ3) is 4.55. The summed E-state index contributed by atoms with van der Waals surface area (Å²) in [6, 6.07) is 6.51. The molecule has 0 spiro atoms. The standard InChI is InChI=1S/C19H26N8O2S/c1-12-8-17(26-25-12)22-16-11-18(30(2,28)29)24-19(23-16)21-13-9-14-4-5-15(10-13)27(14)7-3-6-20/h8,11,13-15H,3-5,7,9-10H2,1-2H3,(H3,21,22,23,24,25,26). The Morgan fingerprint density at radius 3 is 2.57 bits per heavy atom. The summed E-state index contributed by atoms with van der Waals surface area (Å²) in [5.41, 5.74) is 0.881. The highest BCUT2D eigenvalue weighted by Crippen LogP contribution is 2.36. The smallest absolute Gasteiger partial charge is 0.226 e. The molecule has 3 N–H and O–H groups in total. The maximum atomic E-state index is 12.1. The zero-order valence-electron chi connectivity index (χ0n) is 17.1. The van der Waals surface area contributed by atoms with E-state index in [0.717, 1.165) is 44.2 Å². The Balaban J connectivity index is 1.52. The molecule has 2 aliphatic rings. The summed E-state index contributed by atoms with van der Waals surface area (Å²) in [5.74, 6) is 1.22. The molecule has 4 rings (SSSR count). The minimum Gasteiger partial charge on any atom is -0.351 e. The van der Waals surface area contributed by atoms with Crippen molar-refractivity contribution in [1.29, 1.82) is 5.26 Å². The lowest BCUT2D eigenvalue weighted by atomic mass is 9.97. The fourth-order valence-corrected chi connectivity index (χ4v) is 5.05. The Morgan fingerprint density at radius 2 is 1.97 bits per heavy atom. The van der Waals surface area contributed by atoms with Gasteiger partial charge in [-0.25, -0.2) is 13.4 Å². The molecule has 0 saturated carbocycles. The van der Waals surface area contributed by atoms with Crippen LogP contribution in [-0.4, -0.2) is 64.4 Å². The molecule has 2 aliphatic heterocycles. The van der Waals surface area contributed by atoms with Crippen molar-refractivity contribution in [3.63, 3.8) is 0 Å². The first-order valence-corrected chi connectivity index (χ1v) is 12.0. The van der Waals surface area contributed by atoms with Gasteiger partial charge in [0, 0.05) is 55.2 Å². The lowest BCUT2D eigenvalue weighted by Gasteiger charge is -2.38. The number of hydrogen-bond donors (Lipinski definition) is 3. The summed E-state index contributed by atoms with van der Waals surface area (Å²) in [4.78, 5) is 11.2. The maximum absolute atomic E-state index is 12.1. The number of sulfone groups is 1. The largest absolute Gasteiger partial charge is 0.351 e. The second kappa shape index (κ2) is 8.20. The number of aryl methyl sites for hydroxylation is 1. The molecule has 30 heavy (non-hydrogen) atoms. The van der Waals surface area contributed by atoms with E-state index in [1.165, 1.54) is 6.07 Å². The van der Waals surface area contributed by atoms with Gasteiger partial charge in [-0.2, -0.15) is 15.3 Å². The van der Waals surface area contributed by atoms with Gasteiger partial charge in [-0.05, 0) is 32.6 Å². The van der Waals surface area contributed by atoms with Crippen LogP contribution in [0.3, 0.4) is 0 Å². The van der Waals surface area contributed by atoms with Crippen molar-refractivity contribution in [2.45, 2.75) is 62.2 Å². The van der Waals surface area contributed by atoms with Crippen LogP contribution in [0, 0.1) is 18.3 Å². The molecule has 0 aliphatic carbocycles. The van der Waals surface area contributed by atoms with Crippen LogP contribution >= 0.6 is 0 Å². The summed E-state index contributed by atoms with van der Waals surface area (Å²) in [6.45, 7) is 2.69. The van der Waals surface area contributed by atoms with Gasteiger partial charge in [0.15, 0.2) is 20.7 Å². The summed E-state index contributed by atoms with van der Waals surface area (Å²) in [7, 11) is -3.50. The van der Waals surface area contributed by atoms with E-state index in [0.29, 0.717) is 36.1 Å². The SMILES string of the molecule is Cc1cc(Nc2cc(S(C)(=O)=O)nc(NC3CC4CCC(C3)N4CCC#N)n2)n[nH]1. The van der Waals surface area contributed by atoms with E-state index in [9.17, 15) is 8.42 Å². The molecule has 2 aromatic rings. The molecular formula is C19H26N8O2S. The van der Waals surface area contributed by atoms with Crippen LogP contribution < -0.4 is 10.6 Å². The zero-order valence-corrected chi connectivity index (χ0v) is 17.9. The maximum Gasteiger partial charge on any atom is 0.226 e. The van der Waals surface area contributed by atoms with E-state index in [2.05, 4.69) is 41.8 Å². The van der Waals surface area contributed by atoms with Gasteiger partial charge in [0.25, 0.3) is 0 Å². The fourth-order valence-electron chi connectivity index (χ4n) is 4.48. The summed E-state index contributed by atoms with van der Waals surface area (Å²) < 4.78 is 24.3. The molecular weight excluding hydrogens is 404 g/mol. The predicted octanol–water partition coefficient (Wildman–Crippen LogP) is 1.98. The first kappa shape index (κ1) is 20.6. The zero-order chi connectivity index (χ0) is 21.3. The van der Waals surface area contributed by atoms with Crippen LogP contribution in [0.15, 0.2) is 17.2 Å². The third-order valence-corrected chi connectivity index (χ3v) is 6.71. The number of piperidine rings is 1. The van der Waals surface area contributed by atoms with Gasteiger partial charge in [-0.3, -0.25) is 10.00 Å². The number of aromatic nitrogens is 4. The van der Waals surface area contributed by atoms with Crippen LogP contribution in [0.2, 0.25) is 0 Å². The van der Waals surface area contributed by atoms with E-state index >= 15 is 0 Å². The molecule has 2 saturated heterocycles. The van der Waals surface area contributed by atoms with Crippen molar-refractivity contribution in [1.82, 2.24) is 25.1 Å². The second-order valence-electron chi connectivity index (χ2n) is 8.09. The number of anilines is 3. The first-order chi connectivity index (χ1) is 14.3. The lowest BCUT2D eigenvalue weighted by Crippen LogP contribution is -2.47. The Hall–Kier alpha value is -2.71. The molecule has 2 aromatic heterocycles. The van der Waals surface area contributed by atoms with Crippen molar-refractivity contribution in [2.75, 3.05) is 23.4 Å². The number of nitrogens with zero attached hydrogens (tertiary/aromatic N) is 5. The first-order valence-electron chi connectivity index (χ1n) is 10.1. The average molecular weight is 431 g/mol. The molecule has 0 aromatic carbocycles. The van der Waals surface area contributed by atoms with Crippen LogP contribution in [0.25, 0.3) is 0 Å². The molecule has 10 nitrogen and oxygen atoms in total. The molecule has 0 radical (unpaired) electrons. The molecule has 160 valence electrons. The fraction of sp³-hybridized carbons (Fsp3) is 0.579. The van der Waals surface area contributed by atoms with Gasteiger partial charge in [0.05, 0.1) is 6.07 Å². The average Bonchev–Trinajstić information content (AvgIpc) is 3.18. The Bertz CT molecular complexity index is 1050. The minimum absolute atomic E-state index is 0.0378. The molecule has 2 fully saturated rings. The van der Waals surface area contributed by atoms with Crippen molar-refractivity contribution in [2.24, 2.45) is 0 Å². The van der Waals surface area contributed by atoms with E-state index in [-0.39, 0.29) is 11.1 Å². The van der Waals surface area contributed by atoms with Crippen molar-refractivity contribution < 1.29 is 8.42 Å². The molecule has 2 unspecified atom stereocenters. The van der Waals surface area contributed by atoms with Crippen molar-refractivity contribution in [3.05, 3.63) is 17.8 Å². The third-order valence-electron chi connectivity index (χ3n) is 5.74. The number of fused-ring (bicyclic) bond motifs is 2. The van der Waals surface area contributed by atoms with Crippen molar-refractivity contribution in [3.8, 4) is 6.07 Å². The quantitative estimate of drug-likeness (QED) is 0.562. The topological polar surface area (TPSA) is 140 Å². The van der Waals surface area contributed by atoms with Gasteiger partial charge >= 0.3 is 0 Å². The Labute approximate surface area is 176 Å². The number of H-pyrrole nitrogens is 1. The number of nitrogens with one attached hydrogen (secondary N) is 3. The highest BCUT2D eigenvalue weighted by Gasteiger charge is 2.40. The summed E-state index contributed by atoms with van der Waals surface area (Å²) >= 11 is 0. The van der Waals surface area contributed by atoms with Gasteiger partial charge in [-0.15, -0.1) is 0 Å². The van der Waals surface area contributed by atoms with Crippen LogP contribution in [-0.2, 0) is 9.84 Å². The molecule has 2 bridgehead atoms. The second-order valence-corrected chi connectivity index (χ2v) is 10.1. The van der Waals surface area contributed by atoms with Crippen LogP contribution in [0.1, 0.15) is 37.8 Å².